The second-order valence-electron chi connectivity index (χ2n) is 5.15. The van der Waals surface area contributed by atoms with Crippen molar-refractivity contribution in [2.24, 2.45) is 5.41 Å². The smallest absolute Gasteiger partial charge is 0.272 e. The summed E-state index contributed by atoms with van der Waals surface area (Å²) in [5, 5.41) is 1.92. The van der Waals surface area contributed by atoms with Gasteiger partial charge in [0.15, 0.2) is 4.77 Å². The van der Waals surface area contributed by atoms with Gasteiger partial charge in [0.1, 0.15) is 4.70 Å². The molecule has 1 aliphatic carbocycles. The Morgan fingerprint density at radius 2 is 2.35 bits per heavy atom. The molecule has 0 atom stereocenters. The van der Waals surface area contributed by atoms with E-state index in [1.807, 2.05) is 11.4 Å². The van der Waals surface area contributed by atoms with Crippen molar-refractivity contribution < 1.29 is 0 Å². The number of hydrogen-bond acceptors (Lipinski definition) is 3. The Kier molecular flexibility index (Phi) is 2.48. The highest BCUT2D eigenvalue weighted by molar-refractivity contribution is 7.71. The maximum absolute atomic E-state index is 12.3. The van der Waals surface area contributed by atoms with Crippen molar-refractivity contribution >= 4 is 33.8 Å². The molecule has 0 aromatic carbocycles. The minimum Gasteiger partial charge on any atom is -0.331 e. The van der Waals surface area contributed by atoms with Crippen LogP contribution in [-0.4, -0.2) is 9.55 Å². The summed E-state index contributed by atoms with van der Waals surface area (Å²) in [6.07, 6.45) is 3.65. The van der Waals surface area contributed by atoms with Gasteiger partial charge in [0.05, 0.1) is 5.52 Å². The molecule has 1 fully saturated rings. The van der Waals surface area contributed by atoms with Crippen molar-refractivity contribution in [1.29, 1.82) is 0 Å². The zero-order chi connectivity index (χ0) is 12.0. The summed E-state index contributed by atoms with van der Waals surface area (Å²) >= 11 is 6.76. The van der Waals surface area contributed by atoms with E-state index in [0.717, 1.165) is 16.8 Å². The molecule has 90 valence electrons. The second kappa shape index (κ2) is 3.78. The Balaban J connectivity index is 2.15. The van der Waals surface area contributed by atoms with E-state index >= 15 is 0 Å². The molecule has 5 heteroatoms. The lowest BCUT2D eigenvalue weighted by molar-refractivity contribution is 0.129. The highest BCUT2D eigenvalue weighted by Crippen LogP contribution is 2.41. The lowest BCUT2D eigenvalue weighted by Crippen LogP contribution is -2.35. The number of rotatable bonds is 2. The van der Waals surface area contributed by atoms with E-state index < -0.39 is 0 Å². The molecular formula is C12H14N2OS2. The average Bonchev–Trinajstić information content (AvgIpc) is 2.69. The van der Waals surface area contributed by atoms with Gasteiger partial charge in [-0.2, -0.15) is 0 Å². The van der Waals surface area contributed by atoms with Crippen LogP contribution in [0.2, 0.25) is 0 Å². The van der Waals surface area contributed by atoms with E-state index in [1.54, 1.807) is 4.57 Å². The summed E-state index contributed by atoms with van der Waals surface area (Å²) in [4.78, 5) is 15.5. The first-order valence-electron chi connectivity index (χ1n) is 5.79. The van der Waals surface area contributed by atoms with Gasteiger partial charge in [-0.05, 0) is 41.9 Å². The SMILES string of the molecule is CC1(Cn2c(=S)[nH]c3ccsc3c2=O)CCC1. The van der Waals surface area contributed by atoms with Crippen LogP contribution in [0.4, 0.5) is 0 Å². The summed E-state index contributed by atoms with van der Waals surface area (Å²) in [7, 11) is 0. The Labute approximate surface area is 108 Å². The summed E-state index contributed by atoms with van der Waals surface area (Å²) in [5.41, 5.74) is 1.18. The fraction of sp³-hybridized carbons (Fsp3) is 0.500. The fourth-order valence-corrected chi connectivity index (χ4v) is 3.49. The molecule has 3 rings (SSSR count). The van der Waals surface area contributed by atoms with Crippen molar-refractivity contribution in [3.05, 3.63) is 26.6 Å². The predicted octanol–water partition coefficient (Wildman–Crippen LogP) is 3.31. The third-order valence-electron chi connectivity index (χ3n) is 3.69. The summed E-state index contributed by atoms with van der Waals surface area (Å²) < 4.78 is 3.06. The minimum atomic E-state index is 0.0619. The molecule has 0 saturated heterocycles. The summed E-state index contributed by atoms with van der Waals surface area (Å²) in [6, 6.07) is 1.91. The molecule has 1 aliphatic rings. The van der Waals surface area contributed by atoms with Crippen LogP contribution < -0.4 is 5.56 Å². The first-order valence-corrected chi connectivity index (χ1v) is 7.08. The van der Waals surface area contributed by atoms with E-state index in [1.165, 1.54) is 30.6 Å². The van der Waals surface area contributed by atoms with E-state index in [-0.39, 0.29) is 11.0 Å². The van der Waals surface area contributed by atoms with Gasteiger partial charge < -0.3 is 4.98 Å². The predicted molar refractivity (Wildman–Crippen MR) is 73.2 cm³/mol. The molecule has 1 saturated carbocycles. The van der Waals surface area contributed by atoms with E-state index in [4.69, 9.17) is 12.2 Å². The van der Waals surface area contributed by atoms with Crippen molar-refractivity contribution in [2.45, 2.75) is 32.7 Å². The third kappa shape index (κ3) is 1.77. The quantitative estimate of drug-likeness (QED) is 0.847. The van der Waals surface area contributed by atoms with Gasteiger partial charge in [-0.15, -0.1) is 11.3 Å². The summed E-state index contributed by atoms with van der Waals surface area (Å²) in [6.45, 7) is 2.98. The number of aromatic amines is 1. The van der Waals surface area contributed by atoms with Gasteiger partial charge in [0.2, 0.25) is 0 Å². The van der Waals surface area contributed by atoms with Crippen molar-refractivity contribution in [3.63, 3.8) is 0 Å². The van der Waals surface area contributed by atoms with Crippen molar-refractivity contribution in [3.8, 4) is 0 Å². The van der Waals surface area contributed by atoms with E-state index in [0.29, 0.717) is 4.77 Å². The third-order valence-corrected chi connectivity index (χ3v) is 4.92. The Morgan fingerprint density at radius 3 is 3.00 bits per heavy atom. The highest BCUT2D eigenvalue weighted by atomic mass is 32.1. The van der Waals surface area contributed by atoms with Crippen LogP contribution in [0, 0.1) is 10.2 Å². The average molecular weight is 266 g/mol. The minimum absolute atomic E-state index is 0.0619. The number of fused-ring (bicyclic) bond motifs is 1. The fourth-order valence-electron chi connectivity index (χ4n) is 2.43. The number of nitrogens with zero attached hydrogens (tertiary/aromatic N) is 1. The van der Waals surface area contributed by atoms with Gasteiger partial charge in [0, 0.05) is 6.54 Å². The molecule has 3 nitrogen and oxygen atoms in total. The number of aromatic nitrogens is 2. The Bertz CT molecular complexity index is 676. The lowest BCUT2D eigenvalue weighted by Gasteiger charge is -2.38. The molecule has 0 aliphatic heterocycles. The molecule has 2 aromatic heterocycles. The number of nitrogens with one attached hydrogen (secondary N) is 1. The zero-order valence-corrected chi connectivity index (χ0v) is 11.3. The van der Waals surface area contributed by atoms with Crippen LogP contribution in [0.1, 0.15) is 26.2 Å². The number of thiophene rings is 1. The molecule has 17 heavy (non-hydrogen) atoms. The summed E-state index contributed by atoms with van der Waals surface area (Å²) in [5.74, 6) is 0. The molecule has 2 aromatic rings. The van der Waals surface area contributed by atoms with Crippen molar-refractivity contribution in [2.75, 3.05) is 0 Å². The van der Waals surface area contributed by atoms with Crippen molar-refractivity contribution in [1.82, 2.24) is 9.55 Å². The Hall–Kier alpha value is -0.940. The van der Waals surface area contributed by atoms with Gasteiger partial charge >= 0.3 is 0 Å². The van der Waals surface area contributed by atoms with Crippen LogP contribution in [0.3, 0.4) is 0 Å². The van der Waals surface area contributed by atoms with Gasteiger partial charge in [-0.1, -0.05) is 13.3 Å². The number of hydrogen-bond donors (Lipinski definition) is 1. The van der Waals surface area contributed by atoms with Gasteiger partial charge in [-0.25, -0.2) is 0 Å². The molecule has 0 amide bonds. The topological polar surface area (TPSA) is 37.8 Å². The first-order chi connectivity index (χ1) is 8.09. The molecule has 2 heterocycles. The Morgan fingerprint density at radius 1 is 1.59 bits per heavy atom. The standard InChI is InChI=1S/C12H14N2OS2/c1-12(4-2-5-12)7-14-10(15)9-8(3-6-17-9)13-11(14)16/h3,6H,2,4-5,7H2,1H3,(H,13,16). The van der Waals surface area contributed by atoms with E-state index in [2.05, 4.69) is 11.9 Å². The maximum Gasteiger partial charge on any atom is 0.272 e. The lowest BCUT2D eigenvalue weighted by atomic mass is 9.70. The highest BCUT2D eigenvalue weighted by Gasteiger charge is 2.32. The van der Waals surface area contributed by atoms with Crippen LogP contribution >= 0.6 is 23.6 Å². The molecule has 0 unspecified atom stereocenters. The molecule has 1 N–H and O–H groups in total. The molecule has 0 radical (unpaired) electrons. The zero-order valence-electron chi connectivity index (χ0n) is 9.66. The molecular weight excluding hydrogens is 252 g/mol. The first kappa shape index (κ1) is 11.2. The monoisotopic (exact) mass is 266 g/mol. The normalized spacial score (nSPS) is 18.2. The van der Waals surface area contributed by atoms with Crippen LogP contribution in [0.5, 0.6) is 0 Å². The molecule has 0 bridgehead atoms. The molecule has 0 spiro atoms. The van der Waals surface area contributed by atoms with Gasteiger partial charge in [-0.3, -0.25) is 9.36 Å². The van der Waals surface area contributed by atoms with Crippen LogP contribution in [-0.2, 0) is 6.54 Å². The van der Waals surface area contributed by atoms with Crippen LogP contribution in [0.25, 0.3) is 10.2 Å². The van der Waals surface area contributed by atoms with Gasteiger partial charge in [0.25, 0.3) is 5.56 Å². The van der Waals surface area contributed by atoms with Crippen LogP contribution in [0.15, 0.2) is 16.2 Å². The largest absolute Gasteiger partial charge is 0.331 e. The van der Waals surface area contributed by atoms with E-state index in [9.17, 15) is 4.79 Å². The second-order valence-corrected chi connectivity index (χ2v) is 6.45. The number of H-pyrrole nitrogens is 1. The maximum atomic E-state index is 12.3.